The molecule has 0 saturated carbocycles. The molecule has 0 bridgehead atoms. The highest BCUT2D eigenvalue weighted by atomic mass is 79.9. The number of nitrogens with zero attached hydrogens (tertiary/aromatic N) is 2. The van der Waals surface area contributed by atoms with Gasteiger partial charge in [-0.3, -0.25) is 14.9 Å². The van der Waals surface area contributed by atoms with E-state index in [9.17, 15) is 23.7 Å². The highest BCUT2D eigenvalue weighted by Crippen LogP contribution is 2.24. The maximum Gasteiger partial charge on any atom is 0.285 e. The molecule has 20 heavy (non-hydrogen) atoms. The fourth-order valence-corrected chi connectivity index (χ4v) is 2.14. The second-order valence-electron chi connectivity index (χ2n) is 4.02. The summed E-state index contributed by atoms with van der Waals surface area (Å²) in [5.74, 6) is -3.32. The Kier molecular flexibility index (Phi) is 6.00. The molecule has 0 saturated heterocycles. The minimum absolute atomic E-state index is 0.322. The van der Waals surface area contributed by atoms with E-state index in [2.05, 4.69) is 15.9 Å². The first kappa shape index (κ1) is 16.5. The van der Waals surface area contributed by atoms with Crippen molar-refractivity contribution in [3.05, 3.63) is 39.4 Å². The van der Waals surface area contributed by atoms with Gasteiger partial charge >= 0.3 is 0 Å². The highest BCUT2D eigenvalue weighted by molar-refractivity contribution is 9.09. The quantitative estimate of drug-likeness (QED) is 0.449. The van der Waals surface area contributed by atoms with E-state index in [1.807, 2.05) is 6.92 Å². The zero-order valence-corrected chi connectivity index (χ0v) is 12.3. The van der Waals surface area contributed by atoms with Gasteiger partial charge in [0.05, 0.1) is 11.0 Å². The van der Waals surface area contributed by atoms with Gasteiger partial charge in [0.2, 0.25) is 0 Å². The lowest BCUT2D eigenvalue weighted by Crippen LogP contribution is -2.34. The first-order valence-electron chi connectivity index (χ1n) is 5.91. The van der Waals surface area contributed by atoms with Crippen LogP contribution in [0.25, 0.3) is 0 Å². The zero-order valence-electron chi connectivity index (χ0n) is 10.7. The van der Waals surface area contributed by atoms with Gasteiger partial charge in [-0.05, 0) is 12.5 Å². The summed E-state index contributed by atoms with van der Waals surface area (Å²) in [5.41, 5.74) is -1.17. The average molecular weight is 351 g/mol. The summed E-state index contributed by atoms with van der Waals surface area (Å²) >= 11 is 3.17. The van der Waals surface area contributed by atoms with Crippen molar-refractivity contribution >= 4 is 27.5 Å². The molecular weight excluding hydrogens is 338 g/mol. The second-order valence-corrected chi connectivity index (χ2v) is 4.81. The topological polar surface area (TPSA) is 63.5 Å². The lowest BCUT2D eigenvalue weighted by Gasteiger charge is -2.21. The van der Waals surface area contributed by atoms with E-state index in [1.54, 1.807) is 0 Å². The average Bonchev–Trinajstić information content (AvgIpc) is 2.40. The lowest BCUT2D eigenvalue weighted by molar-refractivity contribution is -0.385. The van der Waals surface area contributed by atoms with Gasteiger partial charge in [-0.2, -0.15) is 0 Å². The molecule has 0 spiro atoms. The van der Waals surface area contributed by atoms with E-state index in [4.69, 9.17) is 0 Å². The van der Waals surface area contributed by atoms with Gasteiger partial charge in [-0.25, -0.2) is 8.78 Å². The Morgan fingerprint density at radius 1 is 1.35 bits per heavy atom. The predicted octanol–water partition coefficient (Wildman–Crippen LogP) is 3.12. The van der Waals surface area contributed by atoms with Crippen molar-refractivity contribution in [3.8, 4) is 0 Å². The van der Waals surface area contributed by atoms with Crippen molar-refractivity contribution in [1.29, 1.82) is 0 Å². The van der Waals surface area contributed by atoms with Gasteiger partial charge in [0.25, 0.3) is 11.6 Å². The van der Waals surface area contributed by atoms with Crippen LogP contribution in [0.5, 0.6) is 0 Å². The Hall–Kier alpha value is -1.57. The molecule has 0 aliphatic heterocycles. The van der Waals surface area contributed by atoms with Crippen LogP contribution in [0.1, 0.15) is 23.7 Å². The van der Waals surface area contributed by atoms with E-state index < -0.39 is 33.7 Å². The maximum atomic E-state index is 13.2. The maximum absolute atomic E-state index is 13.2. The molecule has 0 atom stereocenters. The van der Waals surface area contributed by atoms with Crippen LogP contribution in [0.4, 0.5) is 14.5 Å². The van der Waals surface area contributed by atoms with Crippen molar-refractivity contribution in [2.24, 2.45) is 0 Å². The van der Waals surface area contributed by atoms with E-state index in [0.29, 0.717) is 37.0 Å². The van der Waals surface area contributed by atoms with E-state index in [0.717, 1.165) is 0 Å². The molecule has 0 fully saturated rings. The summed E-state index contributed by atoms with van der Waals surface area (Å²) in [7, 11) is 0. The molecule has 0 aromatic heterocycles. The number of nitro groups is 1. The molecular formula is C12H13BrF2N2O3. The predicted molar refractivity (Wildman–Crippen MR) is 73.0 cm³/mol. The van der Waals surface area contributed by atoms with Gasteiger partial charge in [-0.15, -0.1) is 0 Å². The third-order valence-corrected chi connectivity index (χ3v) is 2.96. The summed E-state index contributed by atoms with van der Waals surface area (Å²) in [6, 6.07) is 1.01. The number of nitro benzene ring substituents is 1. The minimum Gasteiger partial charge on any atom is -0.338 e. The fraction of sp³-hybridized carbons (Fsp3) is 0.417. The Labute approximate surface area is 122 Å². The van der Waals surface area contributed by atoms with Crippen LogP contribution in [0.3, 0.4) is 0 Å². The molecule has 1 aromatic rings. The fourth-order valence-electron chi connectivity index (χ4n) is 1.72. The third kappa shape index (κ3) is 3.72. The van der Waals surface area contributed by atoms with Crippen LogP contribution in [0.2, 0.25) is 0 Å². The summed E-state index contributed by atoms with van der Waals surface area (Å²) < 4.78 is 26.3. The van der Waals surface area contributed by atoms with Crippen molar-refractivity contribution in [2.45, 2.75) is 13.3 Å². The summed E-state index contributed by atoms with van der Waals surface area (Å²) in [5, 5.41) is 11.3. The zero-order chi connectivity index (χ0) is 15.3. The van der Waals surface area contributed by atoms with E-state index in [1.165, 1.54) is 4.90 Å². The van der Waals surface area contributed by atoms with Crippen LogP contribution in [-0.4, -0.2) is 34.2 Å². The number of halogens is 3. The van der Waals surface area contributed by atoms with Gasteiger partial charge < -0.3 is 4.90 Å². The monoisotopic (exact) mass is 350 g/mol. The number of hydrogen-bond acceptors (Lipinski definition) is 3. The number of carbonyl (C=O) groups is 1. The van der Waals surface area contributed by atoms with Gasteiger partial charge in [0.1, 0.15) is 5.56 Å². The number of amides is 1. The molecule has 0 aliphatic carbocycles. The molecule has 110 valence electrons. The molecule has 1 rings (SSSR count). The van der Waals surface area contributed by atoms with Crippen molar-refractivity contribution in [3.63, 3.8) is 0 Å². The summed E-state index contributed by atoms with van der Waals surface area (Å²) in [6.07, 6.45) is 0.649. The Morgan fingerprint density at radius 3 is 2.45 bits per heavy atom. The SMILES string of the molecule is CCCN(CCBr)C(=O)c1cc(F)c(F)cc1[N+](=O)[O-]. The van der Waals surface area contributed by atoms with Crippen LogP contribution in [0, 0.1) is 21.7 Å². The van der Waals surface area contributed by atoms with Crippen LogP contribution in [0.15, 0.2) is 12.1 Å². The molecule has 0 aliphatic rings. The van der Waals surface area contributed by atoms with Gasteiger partial charge in [0, 0.05) is 18.4 Å². The molecule has 1 amide bonds. The van der Waals surface area contributed by atoms with Crippen molar-refractivity contribution in [2.75, 3.05) is 18.4 Å². The number of rotatable bonds is 6. The van der Waals surface area contributed by atoms with Gasteiger partial charge in [0.15, 0.2) is 11.6 Å². The standard InChI is InChI=1S/C12H13BrF2N2O3/c1-2-4-16(5-3-13)12(18)8-6-9(14)10(15)7-11(8)17(19)20/h6-7H,2-5H2,1H3. The van der Waals surface area contributed by atoms with E-state index >= 15 is 0 Å². The molecule has 8 heteroatoms. The summed E-state index contributed by atoms with van der Waals surface area (Å²) in [6.45, 7) is 2.54. The summed E-state index contributed by atoms with van der Waals surface area (Å²) in [4.78, 5) is 23.6. The van der Waals surface area contributed by atoms with Crippen LogP contribution >= 0.6 is 15.9 Å². The van der Waals surface area contributed by atoms with Crippen molar-refractivity contribution < 1.29 is 18.5 Å². The molecule has 0 unspecified atom stereocenters. The number of hydrogen-bond donors (Lipinski definition) is 0. The number of carbonyl (C=O) groups excluding carboxylic acids is 1. The molecule has 5 nitrogen and oxygen atoms in total. The van der Waals surface area contributed by atoms with Crippen molar-refractivity contribution in [1.82, 2.24) is 4.90 Å². The molecule has 0 heterocycles. The lowest BCUT2D eigenvalue weighted by atomic mass is 10.1. The smallest absolute Gasteiger partial charge is 0.285 e. The Balaban J connectivity index is 3.25. The number of alkyl halides is 1. The normalized spacial score (nSPS) is 10.4. The first-order chi connectivity index (χ1) is 9.42. The van der Waals surface area contributed by atoms with Gasteiger partial charge in [-0.1, -0.05) is 22.9 Å². The Morgan fingerprint density at radius 2 is 1.95 bits per heavy atom. The Bertz CT molecular complexity index is 520. The van der Waals surface area contributed by atoms with E-state index in [-0.39, 0.29) is 0 Å². The third-order valence-electron chi connectivity index (χ3n) is 2.60. The highest BCUT2D eigenvalue weighted by Gasteiger charge is 2.26. The largest absolute Gasteiger partial charge is 0.338 e. The molecule has 0 radical (unpaired) electrons. The number of benzene rings is 1. The van der Waals surface area contributed by atoms with Crippen LogP contribution in [-0.2, 0) is 0 Å². The van der Waals surface area contributed by atoms with Crippen LogP contribution < -0.4 is 0 Å². The molecule has 1 aromatic carbocycles. The molecule has 0 N–H and O–H groups in total. The minimum atomic E-state index is -1.35. The second kappa shape index (κ2) is 7.28. The first-order valence-corrected chi connectivity index (χ1v) is 7.03.